The molecule has 1 rings (SSSR count). The van der Waals surface area contributed by atoms with Gasteiger partial charge in [-0.2, -0.15) is 0 Å². The summed E-state index contributed by atoms with van der Waals surface area (Å²) in [5, 5.41) is 9.19. The van der Waals surface area contributed by atoms with E-state index in [0.717, 1.165) is 19.3 Å². The molecule has 58 valence electrons. The van der Waals surface area contributed by atoms with Crippen LogP contribution in [0.2, 0.25) is 0 Å². The molecule has 10 heavy (non-hydrogen) atoms. The van der Waals surface area contributed by atoms with Crippen LogP contribution in [0.1, 0.15) is 19.3 Å². The molecule has 0 aromatic rings. The summed E-state index contributed by atoms with van der Waals surface area (Å²) in [5.74, 6) is -0.532. The van der Waals surface area contributed by atoms with Gasteiger partial charge >= 0.3 is 5.97 Å². The number of rotatable bonds is 1. The number of hydrogen-bond donors (Lipinski definition) is 1. The van der Waals surface area contributed by atoms with Crippen LogP contribution in [-0.2, 0) is 9.53 Å². The number of aliphatic hydroxyl groups is 1. The summed E-state index contributed by atoms with van der Waals surface area (Å²) >= 11 is 0. The highest BCUT2D eigenvalue weighted by Gasteiger charge is 2.31. The highest BCUT2D eigenvalue weighted by atomic mass is 16.5. The molecular formula is C7H12O3. The standard InChI is InChI=1S/C7H12O3/c1-10-7(9)5-3-2-4-6(5)8/h5-6,8H,2-4H2,1H3/t5-,6-/m0/s1. The predicted molar refractivity (Wildman–Crippen MR) is 35.4 cm³/mol. The monoisotopic (exact) mass is 144 g/mol. The van der Waals surface area contributed by atoms with Gasteiger partial charge in [0.1, 0.15) is 0 Å². The van der Waals surface area contributed by atoms with Crippen LogP contribution in [0.15, 0.2) is 0 Å². The third-order valence-corrected chi connectivity index (χ3v) is 1.98. The Bertz CT molecular complexity index is 133. The van der Waals surface area contributed by atoms with Gasteiger partial charge in [-0.3, -0.25) is 4.79 Å². The van der Waals surface area contributed by atoms with Crippen molar-refractivity contribution in [3.8, 4) is 0 Å². The SMILES string of the molecule is COC(=O)[C@H]1CCC[C@@H]1O. The second-order valence-electron chi connectivity index (χ2n) is 2.63. The van der Waals surface area contributed by atoms with Crippen molar-refractivity contribution in [3.63, 3.8) is 0 Å². The van der Waals surface area contributed by atoms with Gasteiger partial charge in [0.25, 0.3) is 0 Å². The lowest BCUT2D eigenvalue weighted by Crippen LogP contribution is -2.23. The van der Waals surface area contributed by atoms with E-state index >= 15 is 0 Å². The summed E-state index contributed by atoms with van der Waals surface area (Å²) in [6.45, 7) is 0. The second kappa shape index (κ2) is 3.01. The van der Waals surface area contributed by atoms with Gasteiger partial charge in [0, 0.05) is 0 Å². The molecular weight excluding hydrogens is 132 g/mol. The minimum Gasteiger partial charge on any atom is -0.469 e. The molecule has 3 nitrogen and oxygen atoms in total. The van der Waals surface area contributed by atoms with Crippen LogP contribution in [-0.4, -0.2) is 24.3 Å². The first kappa shape index (κ1) is 7.54. The summed E-state index contributed by atoms with van der Waals surface area (Å²) in [5.41, 5.74) is 0. The molecule has 0 aromatic heterocycles. The van der Waals surface area contributed by atoms with E-state index in [1.54, 1.807) is 0 Å². The van der Waals surface area contributed by atoms with Crippen molar-refractivity contribution in [1.29, 1.82) is 0 Å². The third kappa shape index (κ3) is 1.29. The van der Waals surface area contributed by atoms with Crippen molar-refractivity contribution in [2.75, 3.05) is 7.11 Å². The van der Waals surface area contributed by atoms with E-state index in [9.17, 15) is 9.90 Å². The Hall–Kier alpha value is -0.570. The van der Waals surface area contributed by atoms with Crippen molar-refractivity contribution in [3.05, 3.63) is 0 Å². The Balaban J connectivity index is 2.46. The molecule has 1 aliphatic rings. The Morgan fingerprint density at radius 1 is 1.60 bits per heavy atom. The van der Waals surface area contributed by atoms with Gasteiger partial charge < -0.3 is 9.84 Å². The van der Waals surface area contributed by atoms with Crippen molar-refractivity contribution in [2.24, 2.45) is 5.92 Å². The molecule has 1 aliphatic carbocycles. The van der Waals surface area contributed by atoms with E-state index < -0.39 is 6.10 Å². The fourth-order valence-corrected chi connectivity index (χ4v) is 1.37. The number of methoxy groups -OCH3 is 1. The van der Waals surface area contributed by atoms with Crippen LogP contribution in [0.25, 0.3) is 0 Å². The molecule has 2 atom stereocenters. The van der Waals surface area contributed by atoms with Gasteiger partial charge in [-0.1, -0.05) is 0 Å². The van der Waals surface area contributed by atoms with Crippen molar-refractivity contribution in [1.82, 2.24) is 0 Å². The lowest BCUT2D eigenvalue weighted by molar-refractivity contribution is -0.148. The van der Waals surface area contributed by atoms with E-state index in [1.165, 1.54) is 7.11 Å². The number of hydrogen-bond acceptors (Lipinski definition) is 3. The minimum absolute atomic E-state index is 0.259. The van der Waals surface area contributed by atoms with Gasteiger partial charge in [0.05, 0.1) is 19.1 Å². The van der Waals surface area contributed by atoms with Crippen LogP contribution in [0.3, 0.4) is 0 Å². The largest absolute Gasteiger partial charge is 0.469 e. The number of carbonyl (C=O) groups excluding carboxylic acids is 1. The maximum Gasteiger partial charge on any atom is 0.311 e. The summed E-state index contributed by atoms with van der Waals surface area (Å²) < 4.78 is 4.51. The highest BCUT2D eigenvalue weighted by Crippen LogP contribution is 2.26. The smallest absolute Gasteiger partial charge is 0.311 e. The highest BCUT2D eigenvalue weighted by molar-refractivity contribution is 5.73. The van der Waals surface area contributed by atoms with E-state index in [4.69, 9.17) is 0 Å². The first-order valence-corrected chi connectivity index (χ1v) is 3.51. The van der Waals surface area contributed by atoms with E-state index in [1.807, 2.05) is 0 Å². The molecule has 1 N–H and O–H groups in total. The van der Waals surface area contributed by atoms with Gasteiger partial charge in [-0.15, -0.1) is 0 Å². The zero-order valence-corrected chi connectivity index (χ0v) is 6.04. The van der Waals surface area contributed by atoms with Crippen LogP contribution < -0.4 is 0 Å². The summed E-state index contributed by atoms with van der Waals surface area (Å²) in [6, 6.07) is 0. The van der Waals surface area contributed by atoms with Crippen molar-refractivity contribution >= 4 is 5.97 Å². The lowest BCUT2D eigenvalue weighted by Gasteiger charge is -2.10. The van der Waals surface area contributed by atoms with Crippen LogP contribution >= 0.6 is 0 Å². The Morgan fingerprint density at radius 2 is 2.30 bits per heavy atom. The van der Waals surface area contributed by atoms with E-state index in [-0.39, 0.29) is 11.9 Å². The first-order valence-electron chi connectivity index (χ1n) is 3.51. The van der Waals surface area contributed by atoms with E-state index in [2.05, 4.69) is 4.74 Å². The molecule has 1 fully saturated rings. The topological polar surface area (TPSA) is 46.5 Å². The summed E-state index contributed by atoms with van der Waals surface area (Å²) in [7, 11) is 1.35. The molecule has 0 radical (unpaired) electrons. The van der Waals surface area contributed by atoms with Crippen LogP contribution in [0, 0.1) is 5.92 Å². The average Bonchev–Trinajstić information content (AvgIpc) is 2.34. The van der Waals surface area contributed by atoms with E-state index in [0.29, 0.717) is 0 Å². The zero-order valence-electron chi connectivity index (χ0n) is 6.04. The summed E-state index contributed by atoms with van der Waals surface area (Å²) in [4.78, 5) is 10.8. The molecule has 0 bridgehead atoms. The minimum atomic E-state index is -0.465. The molecule has 0 aliphatic heterocycles. The second-order valence-corrected chi connectivity index (χ2v) is 2.63. The molecule has 0 saturated heterocycles. The fraction of sp³-hybridized carbons (Fsp3) is 0.857. The van der Waals surface area contributed by atoms with Gasteiger partial charge in [0.2, 0.25) is 0 Å². The maximum atomic E-state index is 10.8. The Morgan fingerprint density at radius 3 is 2.70 bits per heavy atom. The molecule has 0 amide bonds. The Kier molecular flexibility index (Phi) is 2.27. The molecule has 0 aromatic carbocycles. The number of aliphatic hydroxyl groups excluding tert-OH is 1. The van der Waals surface area contributed by atoms with Crippen LogP contribution in [0.4, 0.5) is 0 Å². The van der Waals surface area contributed by atoms with Crippen molar-refractivity contribution < 1.29 is 14.6 Å². The van der Waals surface area contributed by atoms with Crippen LogP contribution in [0.5, 0.6) is 0 Å². The van der Waals surface area contributed by atoms with Gasteiger partial charge in [-0.25, -0.2) is 0 Å². The summed E-state index contributed by atoms with van der Waals surface area (Å²) in [6.07, 6.45) is 1.97. The average molecular weight is 144 g/mol. The zero-order chi connectivity index (χ0) is 7.56. The first-order chi connectivity index (χ1) is 4.75. The number of esters is 1. The maximum absolute atomic E-state index is 10.8. The molecule has 0 spiro atoms. The predicted octanol–water partition coefficient (Wildman–Crippen LogP) is 0.320. The molecule has 3 heteroatoms. The van der Waals surface area contributed by atoms with Gasteiger partial charge in [-0.05, 0) is 19.3 Å². The van der Waals surface area contributed by atoms with Crippen molar-refractivity contribution in [2.45, 2.75) is 25.4 Å². The normalized spacial score (nSPS) is 32.2. The third-order valence-electron chi connectivity index (χ3n) is 1.98. The molecule has 1 saturated carbocycles. The fourth-order valence-electron chi connectivity index (χ4n) is 1.37. The Labute approximate surface area is 60.0 Å². The molecule has 0 heterocycles. The molecule has 0 unspecified atom stereocenters. The van der Waals surface area contributed by atoms with Gasteiger partial charge in [0.15, 0.2) is 0 Å². The number of carbonyl (C=O) groups is 1. The quantitative estimate of drug-likeness (QED) is 0.539. The number of ether oxygens (including phenoxy) is 1. The lowest BCUT2D eigenvalue weighted by atomic mass is 10.1.